The molecule has 7 heteroatoms. The fourth-order valence-corrected chi connectivity index (χ4v) is 3.52. The molecule has 34 heavy (non-hydrogen) atoms. The Morgan fingerprint density at radius 3 is 2.62 bits per heavy atom. The van der Waals surface area contributed by atoms with Crippen LogP contribution in [0.3, 0.4) is 0 Å². The molecule has 3 rings (SSSR count). The predicted molar refractivity (Wildman–Crippen MR) is 131 cm³/mol. The average molecular weight is 479 g/mol. The van der Waals surface area contributed by atoms with Gasteiger partial charge in [0.25, 0.3) is 5.91 Å². The first-order valence-corrected chi connectivity index (χ1v) is 11.0. The number of carbonyl (C=O) groups is 1. The molecule has 3 aromatic carbocycles. The van der Waals surface area contributed by atoms with Gasteiger partial charge in [-0.1, -0.05) is 35.9 Å². The van der Waals surface area contributed by atoms with Gasteiger partial charge in [-0.25, -0.2) is 4.39 Å². The van der Waals surface area contributed by atoms with E-state index in [1.54, 1.807) is 30.3 Å². The Labute approximate surface area is 203 Å². The second-order valence-electron chi connectivity index (χ2n) is 7.55. The average Bonchev–Trinajstić information content (AvgIpc) is 2.80. The number of anilines is 1. The highest BCUT2D eigenvalue weighted by Crippen LogP contribution is 2.38. The SMILES string of the molecule is CCOc1cc(/C=C(\C#N)C(=O)Nc2cccc(C)c2C)cc(Cl)c1OCc1cccc(F)c1. The molecular formula is C27H24ClFN2O3. The van der Waals surface area contributed by atoms with E-state index >= 15 is 0 Å². The normalized spacial score (nSPS) is 11.0. The van der Waals surface area contributed by atoms with E-state index in [-0.39, 0.29) is 23.0 Å². The van der Waals surface area contributed by atoms with Gasteiger partial charge in [0, 0.05) is 5.69 Å². The molecule has 0 spiro atoms. The van der Waals surface area contributed by atoms with Crippen molar-refractivity contribution >= 4 is 29.3 Å². The molecule has 1 N–H and O–H groups in total. The molecule has 0 saturated carbocycles. The van der Waals surface area contributed by atoms with E-state index in [1.807, 2.05) is 39.0 Å². The Morgan fingerprint density at radius 1 is 1.15 bits per heavy atom. The van der Waals surface area contributed by atoms with Crippen LogP contribution in [0.1, 0.15) is 29.2 Å². The van der Waals surface area contributed by atoms with Crippen molar-refractivity contribution in [3.63, 3.8) is 0 Å². The summed E-state index contributed by atoms with van der Waals surface area (Å²) in [6, 6.07) is 16.8. The van der Waals surface area contributed by atoms with E-state index in [0.29, 0.717) is 34.9 Å². The van der Waals surface area contributed by atoms with Crippen molar-refractivity contribution in [2.75, 3.05) is 11.9 Å². The Balaban J connectivity index is 1.86. The molecule has 0 atom stereocenters. The standard InChI is InChI=1S/C27H24ClFN2O3/c1-4-33-25-14-20(13-23(28)26(25)34-16-19-8-6-9-22(29)12-19)11-21(15-30)27(32)31-24-10-5-7-17(2)18(24)3/h5-14H,4,16H2,1-3H3,(H,31,32)/b21-11+. The molecule has 0 saturated heterocycles. The Bertz CT molecular complexity index is 1280. The van der Waals surface area contributed by atoms with Crippen molar-refractivity contribution in [3.8, 4) is 17.6 Å². The molecule has 0 aromatic heterocycles. The van der Waals surface area contributed by atoms with Gasteiger partial charge in [0.2, 0.25) is 0 Å². The van der Waals surface area contributed by atoms with Crippen LogP contribution in [-0.4, -0.2) is 12.5 Å². The predicted octanol–water partition coefficient (Wildman–Crippen LogP) is 6.62. The van der Waals surface area contributed by atoms with Gasteiger partial charge in [-0.15, -0.1) is 0 Å². The first-order chi connectivity index (χ1) is 16.3. The van der Waals surface area contributed by atoms with Gasteiger partial charge in [-0.2, -0.15) is 5.26 Å². The molecule has 0 bridgehead atoms. The minimum atomic E-state index is -0.531. The smallest absolute Gasteiger partial charge is 0.266 e. The van der Waals surface area contributed by atoms with Gasteiger partial charge >= 0.3 is 0 Å². The lowest BCUT2D eigenvalue weighted by Gasteiger charge is -2.15. The van der Waals surface area contributed by atoms with Crippen LogP contribution < -0.4 is 14.8 Å². The second-order valence-corrected chi connectivity index (χ2v) is 7.96. The number of ether oxygens (including phenoxy) is 2. The van der Waals surface area contributed by atoms with Crippen LogP contribution in [0.25, 0.3) is 6.08 Å². The van der Waals surface area contributed by atoms with Crippen LogP contribution in [0.15, 0.2) is 60.2 Å². The Hall–Kier alpha value is -3.82. The maximum absolute atomic E-state index is 13.5. The van der Waals surface area contributed by atoms with Gasteiger partial charge in [0.05, 0.1) is 11.6 Å². The van der Waals surface area contributed by atoms with Crippen LogP contribution in [0.5, 0.6) is 11.5 Å². The summed E-state index contributed by atoms with van der Waals surface area (Å²) < 4.78 is 24.9. The fraction of sp³-hybridized carbons (Fsp3) is 0.185. The number of aryl methyl sites for hydroxylation is 1. The lowest BCUT2D eigenvalue weighted by molar-refractivity contribution is -0.112. The van der Waals surface area contributed by atoms with Crippen molar-refractivity contribution < 1.29 is 18.7 Å². The summed E-state index contributed by atoms with van der Waals surface area (Å²) in [6.07, 6.45) is 1.44. The number of nitriles is 1. The van der Waals surface area contributed by atoms with Gasteiger partial charge in [-0.3, -0.25) is 4.79 Å². The van der Waals surface area contributed by atoms with E-state index in [0.717, 1.165) is 11.1 Å². The first kappa shape index (κ1) is 24.8. The zero-order chi connectivity index (χ0) is 24.7. The number of amides is 1. The van der Waals surface area contributed by atoms with E-state index in [4.69, 9.17) is 21.1 Å². The number of halogens is 2. The van der Waals surface area contributed by atoms with Gasteiger partial charge < -0.3 is 14.8 Å². The van der Waals surface area contributed by atoms with Crippen molar-refractivity contribution in [2.45, 2.75) is 27.4 Å². The molecule has 3 aromatic rings. The highest BCUT2D eigenvalue weighted by molar-refractivity contribution is 6.32. The van der Waals surface area contributed by atoms with Crippen LogP contribution in [-0.2, 0) is 11.4 Å². The van der Waals surface area contributed by atoms with Crippen LogP contribution >= 0.6 is 11.6 Å². The van der Waals surface area contributed by atoms with Crippen molar-refractivity contribution in [1.82, 2.24) is 0 Å². The number of nitrogens with zero attached hydrogens (tertiary/aromatic N) is 1. The number of hydrogen-bond donors (Lipinski definition) is 1. The lowest BCUT2D eigenvalue weighted by Crippen LogP contribution is -2.14. The summed E-state index contributed by atoms with van der Waals surface area (Å²) in [6.45, 7) is 6.09. The minimum absolute atomic E-state index is 0.0900. The van der Waals surface area contributed by atoms with Crippen LogP contribution in [0.2, 0.25) is 5.02 Å². The number of benzene rings is 3. The summed E-state index contributed by atoms with van der Waals surface area (Å²) in [4.78, 5) is 12.7. The third-order valence-corrected chi connectivity index (χ3v) is 5.41. The third kappa shape index (κ3) is 6.15. The van der Waals surface area contributed by atoms with E-state index in [2.05, 4.69) is 5.32 Å². The molecular weight excluding hydrogens is 455 g/mol. The molecule has 174 valence electrons. The quantitative estimate of drug-likeness (QED) is 0.292. The summed E-state index contributed by atoms with van der Waals surface area (Å²) in [5, 5.41) is 12.6. The second kappa shape index (κ2) is 11.4. The first-order valence-electron chi connectivity index (χ1n) is 10.6. The van der Waals surface area contributed by atoms with Crippen molar-refractivity contribution in [1.29, 1.82) is 5.26 Å². The molecule has 0 aliphatic carbocycles. The molecule has 0 radical (unpaired) electrons. The number of hydrogen-bond acceptors (Lipinski definition) is 4. The molecule has 0 heterocycles. The lowest BCUT2D eigenvalue weighted by atomic mass is 10.1. The zero-order valence-corrected chi connectivity index (χ0v) is 19.9. The maximum Gasteiger partial charge on any atom is 0.266 e. The summed E-state index contributed by atoms with van der Waals surface area (Å²) in [5.41, 5.74) is 3.64. The third-order valence-electron chi connectivity index (χ3n) is 5.13. The maximum atomic E-state index is 13.5. The van der Waals surface area contributed by atoms with E-state index in [1.165, 1.54) is 18.2 Å². The molecule has 0 aliphatic rings. The minimum Gasteiger partial charge on any atom is -0.490 e. The van der Waals surface area contributed by atoms with Gasteiger partial charge in [0.1, 0.15) is 24.1 Å². The van der Waals surface area contributed by atoms with E-state index < -0.39 is 5.91 Å². The highest BCUT2D eigenvalue weighted by Gasteiger charge is 2.16. The monoisotopic (exact) mass is 478 g/mol. The topological polar surface area (TPSA) is 71.3 Å². The summed E-state index contributed by atoms with van der Waals surface area (Å²) >= 11 is 6.45. The summed E-state index contributed by atoms with van der Waals surface area (Å²) in [7, 11) is 0. The molecule has 5 nitrogen and oxygen atoms in total. The number of rotatable bonds is 8. The van der Waals surface area contributed by atoms with Crippen molar-refractivity contribution in [2.24, 2.45) is 0 Å². The largest absolute Gasteiger partial charge is 0.490 e. The van der Waals surface area contributed by atoms with Gasteiger partial charge in [0.15, 0.2) is 11.5 Å². The summed E-state index contributed by atoms with van der Waals surface area (Å²) in [5.74, 6) is -0.245. The van der Waals surface area contributed by atoms with Gasteiger partial charge in [-0.05, 0) is 79.4 Å². The van der Waals surface area contributed by atoms with Crippen LogP contribution in [0.4, 0.5) is 10.1 Å². The number of carbonyl (C=O) groups excluding carboxylic acids is 1. The Morgan fingerprint density at radius 2 is 1.91 bits per heavy atom. The molecule has 0 aliphatic heterocycles. The molecule has 0 unspecified atom stereocenters. The Kier molecular flexibility index (Phi) is 8.29. The number of nitrogens with one attached hydrogen (secondary N) is 1. The van der Waals surface area contributed by atoms with Crippen molar-refractivity contribution in [3.05, 3.63) is 93.3 Å². The highest BCUT2D eigenvalue weighted by atomic mass is 35.5. The van der Waals surface area contributed by atoms with Crippen LogP contribution in [0, 0.1) is 31.0 Å². The fourth-order valence-electron chi connectivity index (χ4n) is 3.25. The zero-order valence-electron chi connectivity index (χ0n) is 19.1. The molecule has 1 amide bonds. The van der Waals surface area contributed by atoms with E-state index in [9.17, 15) is 14.4 Å². The molecule has 0 fully saturated rings.